The molecular weight excluding hydrogens is 316 g/mol. The largest absolute Gasteiger partial charge is 0.339 e. The summed E-state index contributed by atoms with van der Waals surface area (Å²) < 4.78 is 5.16. The predicted octanol–water partition coefficient (Wildman–Crippen LogP) is 3.36. The van der Waals surface area contributed by atoms with Crippen LogP contribution in [0.1, 0.15) is 12.3 Å². The van der Waals surface area contributed by atoms with Gasteiger partial charge in [-0.3, -0.25) is 9.78 Å². The Morgan fingerprint density at radius 1 is 1.22 bits per heavy atom. The van der Waals surface area contributed by atoms with Crippen LogP contribution in [0.3, 0.4) is 0 Å². The predicted molar refractivity (Wildman–Crippen MR) is 85.9 cm³/mol. The number of amides is 1. The molecule has 0 saturated carbocycles. The van der Waals surface area contributed by atoms with Gasteiger partial charge in [0.25, 0.3) is 0 Å². The number of carbonyl (C=O) groups excluding carboxylic acids is 1. The van der Waals surface area contributed by atoms with Crippen LogP contribution in [0.25, 0.3) is 11.4 Å². The molecule has 0 saturated heterocycles. The van der Waals surface area contributed by atoms with Gasteiger partial charge in [0, 0.05) is 29.6 Å². The first-order chi connectivity index (χ1) is 11.2. The van der Waals surface area contributed by atoms with Crippen molar-refractivity contribution in [3.63, 3.8) is 0 Å². The molecule has 0 aliphatic rings. The van der Waals surface area contributed by atoms with E-state index < -0.39 is 0 Å². The van der Waals surface area contributed by atoms with Crippen LogP contribution < -0.4 is 5.32 Å². The summed E-state index contributed by atoms with van der Waals surface area (Å²) in [6, 6.07) is 10.7. The number of benzene rings is 1. The molecule has 1 N–H and O–H groups in total. The third-order valence-electron chi connectivity index (χ3n) is 3.08. The standard InChI is InChI=1S/C16H13ClN4O2/c17-12-5-3-11(4-6-12)16-20-15(23-21-16)8-7-14(22)19-13-2-1-9-18-10-13/h1-6,9-10H,7-8H2,(H,19,22). The first kappa shape index (κ1) is 15.2. The van der Waals surface area contributed by atoms with Gasteiger partial charge < -0.3 is 9.84 Å². The van der Waals surface area contributed by atoms with Crippen molar-refractivity contribution >= 4 is 23.2 Å². The fourth-order valence-corrected chi connectivity index (χ4v) is 2.08. The van der Waals surface area contributed by atoms with E-state index in [0.717, 1.165) is 5.56 Å². The molecule has 0 bridgehead atoms. The maximum Gasteiger partial charge on any atom is 0.227 e. The van der Waals surface area contributed by atoms with Gasteiger partial charge in [-0.25, -0.2) is 0 Å². The zero-order valence-electron chi connectivity index (χ0n) is 12.1. The number of nitrogens with one attached hydrogen (secondary N) is 1. The molecule has 0 fully saturated rings. The van der Waals surface area contributed by atoms with E-state index in [1.165, 1.54) is 0 Å². The average molecular weight is 329 g/mol. The summed E-state index contributed by atoms with van der Waals surface area (Å²) >= 11 is 5.84. The minimum Gasteiger partial charge on any atom is -0.339 e. The lowest BCUT2D eigenvalue weighted by Gasteiger charge is -2.02. The highest BCUT2D eigenvalue weighted by molar-refractivity contribution is 6.30. The van der Waals surface area contributed by atoms with Gasteiger partial charge >= 0.3 is 0 Å². The van der Waals surface area contributed by atoms with Crippen molar-refractivity contribution in [2.24, 2.45) is 0 Å². The number of anilines is 1. The average Bonchev–Trinajstić information content (AvgIpc) is 3.04. The maximum atomic E-state index is 11.9. The summed E-state index contributed by atoms with van der Waals surface area (Å²) in [5.41, 5.74) is 1.47. The summed E-state index contributed by atoms with van der Waals surface area (Å²) in [6.07, 6.45) is 3.85. The molecule has 3 rings (SSSR count). The Hall–Kier alpha value is -2.73. The molecular formula is C16H13ClN4O2. The normalized spacial score (nSPS) is 10.5. The van der Waals surface area contributed by atoms with E-state index in [1.54, 1.807) is 36.7 Å². The number of hydrogen-bond acceptors (Lipinski definition) is 5. The van der Waals surface area contributed by atoms with Crippen LogP contribution in [-0.4, -0.2) is 21.0 Å². The monoisotopic (exact) mass is 328 g/mol. The van der Waals surface area contributed by atoms with Gasteiger partial charge in [-0.2, -0.15) is 4.98 Å². The topological polar surface area (TPSA) is 80.9 Å². The Morgan fingerprint density at radius 3 is 2.78 bits per heavy atom. The second-order valence-electron chi connectivity index (χ2n) is 4.81. The SMILES string of the molecule is O=C(CCc1nc(-c2ccc(Cl)cc2)no1)Nc1cccnc1. The van der Waals surface area contributed by atoms with Crippen molar-refractivity contribution in [3.8, 4) is 11.4 Å². The van der Waals surface area contributed by atoms with Crippen molar-refractivity contribution in [2.75, 3.05) is 5.32 Å². The molecule has 2 heterocycles. The molecule has 0 radical (unpaired) electrons. The first-order valence-electron chi connectivity index (χ1n) is 6.99. The minimum absolute atomic E-state index is 0.135. The summed E-state index contributed by atoms with van der Waals surface area (Å²) in [5, 5.41) is 7.30. The van der Waals surface area contributed by atoms with E-state index in [-0.39, 0.29) is 12.3 Å². The van der Waals surface area contributed by atoms with Crippen molar-refractivity contribution in [1.29, 1.82) is 0 Å². The Balaban J connectivity index is 1.57. The Labute approximate surface area is 137 Å². The molecule has 116 valence electrons. The van der Waals surface area contributed by atoms with E-state index >= 15 is 0 Å². The van der Waals surface area contributed by atoms with Gasteiger partial charge in [0.1, 0.15) is 0 Å². The Bertz CT molecular complexity index is 787. The lowest BCUT2D eigenvalue weighted by atomic mass is 10.2. The zero-order chi connectivity index (χ0) is 16.1. The number of aryl methyl sites for hydroxylation is 1. The number of rotatable bonds is 5. The highest BCUT2D eigenvalue weighted by Crippen LogP contribution is 2.19. The molecule has 0 aliphatic carbocycles. The fourth-order valence-electron chi connectivity index (χ4n) is 1.95. The van der Waals surface area contributed by atoms with Crippen LogP contribution in [-0.2, 0) is 11.2 Å². The highest BCUT2D eigenvalue weighted by Gasteiger charge is 2.11. The molecule has 2 aromatic heterocycles. The number of carbonyl (C=O) groups is 1. The van der Waals surface area contributed by atoms with Crippen molar-refractivity contribution in [1.82, 2.24) is 15.1 Å². The van der Waals surface area contributed by atoms with Gasteiger partial charge in [-0.1, -0.05) is 16.8 Å². The number of halogens is 1. The molecule has 23 heavy (non-hydrogen) atoms. The molecule has 6 nitrogen and oxygen atoms in total. The van der Waals surface area contributed by atoms with Crippen LogP contribution in [0.2, 0.25) is 5.02 Å². The Morgan fingerprint density at radius 2 is 2.04 bits per heavy atom. The van der Waals surface area contributed by atoms with Crippen LogP contribution in [0, 0.1) is 0 Å². The van der Waals surface area contributed by atoms with E-state index in [1.807, 2.05) is 12.1 Å². The van der Waals surface area contributed by atoms with Crippen LogP contribution in [0.5, 0.6) is 0 Å². The van der Waals surface area contributed by atoms with Crippen LogP contribution >= 0.6 is 11.6 Å². The second kappa shape index (κ2) is 7.02. The molecule has 0 unspecified atom stereocenters. The van der Waals surface area contributed by atoms with Crippen molar-refractivity contribution < 1.29 is 9.32 Å². The van der Waals surface area contributed by atoms with Crippen LogP contribution in [0.15, 0.2) is 53.3 Å². The molecule has 0 atom stereocenters. The van der Waals surface area contributed by atoms with Gasteiger partial charge in [0.05, 0.1) is 11.9 Å². The summed E-state index contributed by atoms with van der Waals surface area (Å²) in [7, 11) is 0. The summed E-state index contributed by atoms with van der Waals surface area (Å²) in [4.78, 5) is 20.1. The number of pyridine rings is 1. The lowest BCUT2D eigenvalue weighted by molar-refractivity contribution is -0.116. The van der Waals surface area contributed by atoms with Gasteiger partial charge in [-0.15, -0.1) is 0 Å². The van der Waals surface area contributed by atoms with Gasteiger partial charge in [-0.05, 0) is 36.4 Å². The molecule has 1 amide bonds. The van der Waals surface area contributed by atoms with Gasteiger partial charge in [0.15, 0.2) is 0 Å². The maximum absolute atomic E-state index is 11.9. The number of nitrogens with zero attached hydrogens (tertiary/aromatic N) is 3. The van der Waals surface area contributed by atoms with Crippen molar-refractivity contribution in [3.05, 3.63) is 59.7 Å². The molecule has 1 aromatic carbocycles. The lowest BCUT2D eigenvalue weighted by Crippen LogP contribution is -2.12. The molecule has 0 aliphatic heterocycles. The van der Waals surface area contributed by atoms with Crippen molar-refractivity contribution in [2.45, 2.75) is 12.8 Å². The second-order valence-corrected chi connectivity index (χ2v) is 5.24. The highest BCUT2D eigenvalue weighted by atomic mass is 35.5. The molecule has 7 heteroatoms. The van der Waals surface area contributed by atoms with Crippen LogP contribution in [0.4, 0.5) is 5.69 Å². The summed E-state index contributed by atoms with van der Waals surface area (Å²) in [5.74, 6) is 0.755. The smallest absolute Gasteiger partial charge is 0.227 e. The fraction of sp³-hybridized carbons (Fsp3) is 0.125. The van der Waals surface area contributed by atoms with E-state index in [2.05, 4.69) is 20.4 Å². The number of aromatic nitrogens is 3. The number of hydrogen-bond donors (Lipinski definition) is 1. The third-order valence-corrected chi connectivity index (χ3v) is 3.33. The summed E-state index contributed by atoms with van der Waals surface area (Å²) in [6.45, 7) is 0. The van der Waals surface area contributed by atoms with E-state index in [0.29, 0.717) is 28.8 Å². The quantitative estimate of drug-likeness (QED) is 0.776. The molecule has 3 aromatic rings. The zero-order valence-corrected chi connectivity index (χ0v) is 12.8. The van der Waals surface area contributed by atoms with Gasteiger partial charge in [0.2, 0.25) is 17.6 Å². The van der Waals surface area contributed by atoms with E-state index in [9.17, 15) is 4.79 Å². The minimum atomic E-state index is -0.135. The first-order valence-corrected chi connectivity index (χ1v) is 7.37. The molecule has 0 spiro atoms. The third kappa shape index (κ3) is 4.14. The Kier molecular flexibility index (Phi) is 4.63. The van der Waals surface area contributed by atoms with E-state index in [4.69, 9.17) is 16.1 Å².